The summed E-state index contributed by atoms with van der Waals surface area (Å²) in [6, 6.07) is 4.17. The largest absolute Gasteiger partial charge is 0.319 e. The topological polar surface area (TPSA) is 43.3 Å². The van der Waals surface area contributed by atoms with E-state index in [2.05, 4.69) is 22.4 Å². The fourth-order valence-corrected chi connectivity index (χ4v) is 1.86. The minimum atomic E-state index is -0.404. The van der Waals surface area contributed by atoms with Crippen molar-refractivity contribution in [3.05, 3.63) is 35.9 Å². The molecule has 0 aromatic carbocycles. The van der Waals surface area contributed by atoms with Crippen LogP contribution in [0.2, 0.25) is 0 Å². The average molecular weight is 203 g/mol. The molecule has 0 amide bonds. The van der Waals surface area contributed by atoms with Crippen LogP contribution in [0.15, 0.2) is 24.5 Å². The minimum Gasteiger partial charge on any atom is -0.319 e. The molecule has 0 fully saturated rings. The number of rotatable bonds is 2. The Labute approximate surface area is 89.9 Å². The van der Waals surface area contributed by atoms with E-state index >= 15 is 0 Å². The molecule has 0 atom stereocenters. The van der Waals surface area contributed by atoms with Crippen LogP contribution in [0, 0.1) is 0 Å². The molecule has 0 radical (unpaired) electrons. The van der Waals surface area contributed by atoms with Gasteiger partial charge >= 0.3 is 0 Å². The molecule has 0 aliphatic rings. The van der Waals surface area contributed by atoms with Crippen LogP contribution in [-0.2, 0) is 12.0 Å². The van der Waals surface area contributed by atoms with Crippen molar-refractivity contribution in [2.24, 2.45) is 5.73 Å². The lowest BCUT2D eigenvalue weighted by molar-refractivity contribution is 0.511. The summed E-state index contributed by atoms with van der Waals surface area (Å²) >= 11 is 0. The molecule has 2 rings (SSSR count). The molecule has 3 nitrogen and oxygen atoms in total. The highest BCUT2D eigenvalue weighted by atomic mass is 15.1. The first-order valence-corrected chi connectivity index (χ1v) is 5.28. The molecule has 0 unspecified atom stereocenters. The number of nitrogens with zero attached hydrogens (tertiary/aromatic N) is 2. The normalized spacial score (nSPS) is 12.3. The number of hydrogen-bond donors (Lipinski definition) is 1. The molecule has 0 aliphatic heterocycles. The standard InChI is InChI=1S/C12H17N3/c1-4-9-6-5-7-15-10(9)8-14-11(15)12(2,3)13/h5-8H,4,13H2,1-3H3. The summed E-state index contributed by atoms with van der Waals surface area (Å²) in [5, 5.41) is 0. The Hall–Kier alpha value is -1.35. The van der Waals surface area contributed by atoms with E-state index in [1.807, 2.05) is 32.3 Å². The summed E-state index contributed by atoms with van der Waals surface area (Å²) in [4.78, 5) is 4.41. The summed E-state index contributed by atoms with van der Waals surface area (Å²) < 4.78 is 2.08. The van der Waals surface area contributed by atoms with Gasteiger partial charge < -0.3 is 10.1 Å². The van der Waals surface area contributed by atoms with Gasteiger partial charge in [0.2, 0.25) is 0 Å². The monoisotopic (exact) mass is 203 g/mol. The summed E-state index contributed by atoms with van der Waals surface area (Å²) in [5.41, 5.74) is 8.14. The fraction of sp³-hybridized carbons (Fsp3) is 0.417. The molecule has 2 N–H and O–H groups in total. The van der Waals surface area contributed by atoms with Gasteiger partial charge in [-0.15, -0.1) is 0 Å². The van der Waals surface area contributed by atoms with Gasteiger partial charge in [-0.05, 0) is 31.9 Å². The third kappa shape index (κ3) is 1.63. The minimum absolute atomic E-state index is 0.404. The molecule has 0 aliphatic carbocycles. The van der Waals surface area contributed by atoms with E-state index in [4.69, 9.17) is 5.73 Å². The van der Waals surface area contributed by atoms with Gasteiger partial charge in [0, 0.05) is 6.20 Å². The smallest absolute Gasteiger partial charge is 0.132 e. The van der Waals surface area contributed by atoms with Crippen molar-refractivity contribution in [3.63, 3.8) is 0 Å². The number of nitrogens with two attached hydrogens (primary N) is 1. The summed E-state index contributed by atoms with van der Waals surface area (Å²) in [6.45, 7) is 6.09. The van der Waals surface area contributed by atoms with Crippen LogP contribution in [0.1, 0.15) is 32.2 Å². The Kier molecular flexibility index (Phi) is 2.27. The number of hydrogen-bond acceptors (Lipinski definition) is 2. The van der Waals surface area contributed by atoms with Crippen LogP contribution in [0.3, 0.4) is 0 Å². The van der Waals surface area contributed by atoms with Crippen LogP contribution in [-0.4, -0.2) is 9.38 Å². The molecule has 2 aromatic heterocycles. The summed E-state index contributed by atoms with van der Waals surface area (Å²) in [5.74, 6) is 0.910. The number of aromatic nitrogens is 2. The second kappa shape index (κ2) is 3.35. The van der Waals surface area contributed by atoms with Crippen molar-refractivity contribution in [1.82, 2.24) is 9.38 Å². The van der Waals surface area contributed by atoms with E-state index in [0.717, 1.165) is 17.8 Å². The molecule has 2 aromatic rings. The first-order chi connectivity index (χ1) is 7.04. The maximum Gasteiger partial charge on any atom is 0.132 e. The van der Waals surface area contributed by atoms with Crippen molar-refractivity contribution in [1.29, 1.82) is 0 Å². The third-order valence-electron chi connectivity index (χ3n) is 2.62. The van der Waals surface area contributed by atoms with Gasteiger partial charge in [-0.25, -0.2) is 4.98 Å². The van der Waals surface area contributed by atoms with E-state index in [9.17, 15) is 0 Å². The van der Waals surface area contributed by atoms with E-state index in [1.54, 1.807) is 0 Å². The van der Waals surface area contributed by atoms with Gasteiger partial charge in [0.25, 0.3) is 0 Å². The van der Waals surface area contributed by atoms with Crippen molar-refractivity contribution in [2.45, 2.75) is 32.7 Å². The first kappa shape index (κ1) is 10.2. The van der Waals surface area contributed by atoms with Crippen molar-refractivity contribution < 1.29 is 0 Å². The van der Waals surface area contributed by atoms with Gasteiger partial charge in [-0.1, -0.05) is 13.0 Å². The predicted molar refractivity (Wildman–Crippen MR) is 61.8 cm³/mol. The van der Waals surface area contributed by atoms with Crippen molar-refractivity contribution in [2.75, 3.05) is 0 Å². The Morgan fingerprint density at radius 1 is 1.47 bits per heavy atom. The van der Waals surface area contributed by atoms with Crippen LogP contribution in [0.4, 0.5) is 0 Å². The lowest BCUT2D eigenvalue weighted by atomic mass is 10.1. The van der Waals surface area contributed by atoms with Crippen LogP contribution in [0.5, 0.6) is 0 Å². The van der Waals surface area contributed by atoms with Crippen molar-refractivity contribution >= 4 is 5.52 Å². The number of imidazole rings is 1. The summed E-state index contributed by atoms with van der Waals surface area (Å²) in [7, 11) is 0. The number of aryl methyl sites for hydroxylation is 1. The predicted octanol–water partition coefficient (Wildman–Crippen LogP) is 2.09. The SMILES string of the molecule is CCc1cccn2c(C(C)(C)N)ncc12. The van der Waals surface area contributed by atoms with Crippen LogP contribution in [0.25, 0.3) is 5.52 Å². The lowest BCUT2D eigenvalue weighted by Gasteiger charge is -2.17. The summed E-state index contributed by atoms with van der Waals surface area (Å²) in [6.07, 6.45) is 4.94. The lowest BCUT2D eigenvalue weighted by Crippen LogP contribution is -2.31. The van der Waals surface area contributed by atoms with E-state index in [0.29, 0.717) is 0 Å². The Morgan fingerprint density at radius 3 is 2.80 bits per heavy atom. The van der Waals surface area contributed by atoms with Crippen LogP contribution < -0.4 is 5.73 Å². The number of fused-ring (bicyclic) bond motifs is 1. The first-order valence-electron chi connectivity index (χ1n) is 5.28. The van der Waals surface area contributed by atoms with Crippen LogP contribution >= 0.6 is 0 Å². The Morgan fingerprint density at radius 2 is 2.20 bits per heavy atom. The van der Waals surface area contributed by atoms with Gasteiger partial charge in [-0.3, -0.25) is 0 Å². The quantitative estimate of drug-likeness (QED) is 0.812. The maximum atomic E-state index is 6.08. The zero-order chi connectivity index (χ0) is 11.1. The third-order valence-corrected chi connectivity index (χ3v) is 2.62. The maximum absolute atomic E-state index is 6.08. The Balaban J connectivity index is 2.72. The fourth-order valence-electron chi connectivity index (χ4n) is 1.86. The number of pyridine rings is 1. The van der Waals surface area contributed by atoms with Gasteiger partial charge in [0.1, 0.15) is 5.82 Å². The molecule has 3 heteroatoms. The molecular weight excluding hydrogens is 186 g/mol. The van der Waals surface area contributed by atoms with Gasteiger partial charge in [0.05, 0.1) is 17.3 Å². The molecule has 2 heterocycles. The van der Waals surface area contributed by atoms with E-state index in [1.165, 1.54) is 5.56 Å². The zero-order valence-corrected chi connectivity index (χ0v) is 9.49. The van der Waals surface area contributed by atoms with E-state index < -0.39 is 5.54 Å². The second-order valence-electron chi connectivity index (χ2n) is 4.45. The van der Waals surface area contributed by atoms with Gasteiger partial charge in [-0.2, -0.15) is 0 Å². The highest BCUT2D eigenvalue weighted by Gasteiger charge is 2.20. The highest BCUT2D eigenvalue weighted by molar-refractivity contribution is 5.54. The van der Waals surface area contributed by atoms with E-state index in [-0.39, 0.29) is 0 Å². The average Bonchev–Trinajstić information content (AvgIpc) is 2.59. The molecule has 80 valence electrons. The second-order valence-corrected chi connectivity index (χ2v) is 4.45. The zero-order valence-electron chi connectivity index (χ0n) is 9.49. The molecule has 15 heavy (non-hydrogen) atoms. The molecule has 0 spiro atoms. The molecule has 0 saturated heterocycles. The molecule has 0 bridgehead atoms. The van der Waals surface area contributed by atoms with Gasteiger partial charge in [0.15, 0.2) is 0 Å². The molecular formula is C12H17N3. The highest BCUT2D eigenvalue weighted by Crippen LogP contribution is 2.19. The molecule has 0 saturated carbocycles. The van der Waals surface area contributed by atoms with Crippen molar-refractivity contribution in [3.8, 4) is 0 Å². The Bertz CT molecular complexity index is 477.